The van der Waals surface area contributed by atoms with Gasteiger partial charge in [-0.2, -0.15) is 4.31 Å². The smallest absolute Gasteiger partial charge is 0.254 e. The highest BCUT2D eigenvalue weighted by atomic mass is 35.5. The summed E-state index contributed by atoms with van der Waals surface area (Å²) in [6.45, 7) is 1.52. The highest BCUT2D eigenvalue weighted by molar-refractivity contribution is 7.89. The molecule has 1 aliphatic rings. The van der Waals surface area contributed by atoms with Crippen molar-refractivity contribution in [3.8, 4) is 0 Å². The van der Waals surface area contributed by atoms with Crippen LogP contribution >= 0.6 is 12.4 Å². The lowest BCUT2D eigenvalue weighted by atomic mass is 10.2. The van der Waals surface area contributed by atoms with Crippen molar-refractivity contribution in [2.45, 2.75) is 11.4 Å². The molecule has 1 aromatic carbocycles. The molecule has 7 nitrogen and oxygen atoms in total. The lowest BCUT2D eigenvalue weighted by Gasteiger charge is -2.34. The highest BCUT2D eigenvalue weighted by Crippen LogP contribution is 2.18. The molecular weight excluding hydrogens is 376 g/mol. The Bertz CT molecular complexity index is 853. The van der Waals surface area contributed by atoms with E-state index < -0.39 is 10.0 Å². The Morgan fingerprint density at radius 1 is 1.08 bits per heavy atom. The summed E-state index contributed by atoms with van der Waals surface area (Å²) >= 11 is 0. The molecular formula is C17H21ClN4O3S. The number of carbonyl (C=O) groups excluding carboxylic acids is 1. The Balaban J connectivity index is 0.00000243. The van der Waals surface area contributed by atoms with E-state index in [0.717, 1.165) is 0 Å². The van der Waals surface area contributed by atoms with Crippen molar-refractivity contribution in [1.82, 2.24) is 14.2 Å². The van der Waals surface area contributed by atoms with Gasteiger partial charge < -0.3 is 10.6 Å². The van der Waals surface area contributed by atoms with Crippen LogP contribution in [-0.4, -0.2) is 54.7 Å². The van der Waals surface area contributed by atoms with Crippen molar-refractivity contribution in [1.29, 1.82) is 0 Å². The molecule has 0 aliphatic carbocycles. The number of sulfonamides is 1. The van der Waals surface area contributed by atoms with Gasteiger partial charge in [-0.3, -0.25) is 9.78 Å². The molecule has 140 valence electrons. The number of rotatable bonds is 4. The predicted molar refractivity (Wildman–Crippen MR) is 100 cm³/mol. The zero-order chi connectivity index (χ0) is 17.9. The fourth-order valence-corrected chi connectivity index (χ4v) is 4.22. The third-order valence-electron chi connectivity index (χ3n) is 4.18. The van der Waals surface area contributed by atoms with E-state index in [0.29, 0.717) is 24.3 Å². The molecule has 0 bridgehead atoms. The van der Waals surface area contributed by atoms with Gasteiger partial charge in [0.2, 0.25) is 10.0 Å². The minimum atomic E-state index is -3.52. The van der Waals surface area contributed by atoms with Crippen LogP contribution in [0.3, 0.4) is 0 Å². The summed E-state index contributed by atoms with van der Waals surface area (Å²) in [5.74, 6) is -0.131. The number of hydrogen-bond donors (Lipinski definition) is 1. The molecule has 0 unspecified atom stereocenters. The van der Waals surface area contributed by atoms with E-state index in [1.807, 2.05) is 0 Å². The van der Waals surface area contributed by atoms with Gasteiger partial charge in [-0.1, -0.05) is 18.2 Å². The zero-order valence-corrected chi connectivity index (χ0v) is 15.7. The Hall–Kier alpha value is -2.00. The van der Waals surface area contributed by atoms with Crippen LogP contribution in [0.25, 0.3) is 0 Å². The van der Waals surface area contributed by atoms with Crippen molar-refractivity contribution in [3.63, 3.8) is 0 Å². The first-order valence-electron chi connectivity index (χ1n) is 8.02. The summed E-state index contributed by atoms with van der Waals surface area (Å²) in [4.78, 5) is 18.6. The maximum atomic E-state index is 12.6. The minimum Gasteiger partial charge on any atom is -0.336 e. The van der Waals surface area contributed by atoms with E-state index in [2.05, 4.69) is 4.98 Å². The van der Waals surface area contributed by atoms with Gasteiger partial charge >= 0.3 is 0 Å². The molecule has 1 aromatic heterocycles. The van der Waals surface area contributed by atoms with Gasteiger partial charge in [-0.05, 0) is 24.3 Å². The highest BCUT2D eigenvalue weighted by Gasteiger charge is 2.30. The average Bonchev–Trinajstić information content (AvgIpc) is 2.68. The maximum absolute atomic E-state index is 12.6. The number of halogens is 1. The molecule has 3 rings (SSSR count). The number of hydrogen-bond acceptors (Lipinski definition) is 5. The first-order chi connectivity index (χ1) is 12.0. The largest absolute Gasteiger partial charge is 0.336 e. The van der Waals surface area contributed by atoms with E-state index >= 15 is 0 Å². The molecule has 2 N–H and O–H groups in total. The number of nitrogens with zero attached hydrogens (tertiary/aromatic N) is 3. The predicted octanol–water partition coefficient (Wildman–Crippen LogP) is 1.11. The first-order valence-corrected chi connectivity index (χ1v) is 9.46. The van der Waals surface area contributed by atoms with Gasteiger partial charge in [0.15, 0.2) is 0 Å². The number of benzene rings is 1. The third-order valence-corrected chi connectivity index (χ3v) is 6.09. The molecule has 0 spiro atoms. The van der Waals surface area contributed by atoms with Crippen LogP contribution in [0.1, 0.15) is 16.1 Å². The SMILES string of the molecule is Cl.NCc1cc(C(=O)N2CCN(S(=O)(=O)c3ccccc3)CC2)ccn1. The number of pyridine rings is 1. The summed E-state index contributed by atoms with van der Waals surface area (Å²) in [5, 5.41) is 0. The first kappa shape index (κ1) is 20.3. The van der Waals surface area contributed by atoms with Crippen molar-refractivity contribution in [2.24, 2.45) is 5.73 Å². The second-order valence-corrected chi connectivity index (χ2v) is 7.69. The molecule has 9 heteroatoms. The van der Waals surface area contributed by atoms with E-state index in [-0.39, 0.29) is 42.8 Å². The van der Waals surface area contributed by atoms with Crippen LogP contribution in [-0.2, 0) is 16.6 Å². The van der Waals surface area contributed by atoms with E-state index in [4.69, 9.17) is 5.73 Å². The summed E-state index contributed by atoms with van der Waals surface area (Å²) in [6.07, 6.45) is 1.56. The number of amides is 1. The van der Waals surface area contributed by atoms with E-state index in [9.17, 15) is 13.2 Å². The van der Waals surface area contributed by atoms with Crippen molar-refractivity contribution < 1.29 is 13.2 Å². The second-order valence-electron chi connectivity index (χ2n) is 5.75. The van der Waals surface area contributed by atoms with Gasteiger partial charge in [0.25, 0.3) is 5.91 Å². The van der Waals surface area contributed by atoms with Crippen LogP contribution in [0.4, 0.5) is 0 Å². The fraction of sp³-hybridized carbons (Fsp3) is 0.294. The van der Waals surface area contributed by atoms with Crippen LogP contribution < -0.4 is 5.73 Å². The third kappa shape index (κ3) is 4.21. The summed E-state index contributed by atoms with van der Waals surface area (Å²) < 4.78 is 26.7. The Kier molecular flexibility index (Phi) is 6.71. The van der Waals surface area contributed by atoms with E-state index in [1.165, 1.54) is 4.31 Å². The molecule has 2 heterocycles. The van der Waals surface area contributed by atoms with Crippen LogP contribution in [0.15, 0.2) is 53.6 Å². The molecule has 1 saturated heterocycles. The van der Waals surface area contributed by atoms with Gasteiger partial charge in [0, 0.05) is 44.5 Å². The quantitative estimate of drug-likeness (QED) is 0.834. The van der Waals surface area contributed by atoms with Crippen molar-refractivity contribution >= 4 is 28.3 Å². The number of piperazine rings is 1. The molecule has 0 saturated carbocycles. The molecule has 0 radical (unpaired) electrons. The standard InChI is InChI=1S/C17H20N4O3S.ClH/c18-13-15-12-14(6-7-19-15)17(22)20-8-10-21(11-9-20)25(23,24)16-4-2-1-3-5-16;/h1-7,12H,8-11,13,18H2;1H. The summed E-state index contributed by atoms with van der Waals surface area (Å²) in [7, 11) is -3.52. The Labute approximate surface area is 159 Å². The molecule has 1 amide bonds. The number of aromatic nitrogens is 1. The minimum absolute atomic E-state index is 0. The number of carbonyl (C=O) groups is 1. The van der Waals surface area contributed by atoms with Gasteiger partial charge in [-0.25, -0.2) is 8.42 Å². The van der Waals surface area contributed by atoms with Gasteiger partial charge in [0.1, 0.15) is 0 Å². The molecule has 1 aliphatic heterocycles. The van der Waals surface area contributed by atoms with E-state index in [1.54, 1.807) is 53.6 Å². The second kappa shape index (κ2) is 8.59. The van der Waals surface area contributed by atoms with Crippen molar-refractivity contribution in [2.75, 3.05) is 26.2 Å². The Morgan fingerprint density at radius 2 is 1.73 bits per heavy atom. The Morgan fingerprint density at radius 3 is 2.35 bits per heavy atom. The topological polar surface area (TPSA) is 96.6 Å². The lowest BCUT2D eigenvalue weighted by Crippen LogP contribution is -2.50. The zero-order valence-electron chi connectivity index (χ0n) is 14.1. The van der Waals surface area contributed by atoms with Crippen LogP contribution in [0.5, 0.6) is 0 Å². The van der Waals surface area contributed by atoms with Crippen LogP contribution in [0, 0.1) is 0 Å². The maximum Gasteiger partial charge on any atom is 0.254 e. The molecule has 2 aromatic rings. The monoisotopic (exact) mass is 396 g/mol. The van der Waals surface area contributed by atoms with Crippen molar-refractivity contribution in [3.05, 3.63) is 59.9 Å². The fourth-order valence-electron chi connectivity index (χ4n) is 2.78. The number of nitrogens with two attached hydrogens (primary N) is 1. The normalized spacial score (nSPS) is 15.3. The summed E-state index contributed by atoms with van der Waals surface area (Å²) in [5.41, 5.74) is 6.73. The van der Waals surface area contributed by atoms with Gasteiger partial charge in [0.05, 0.1) is 10.6 Å². The molecule has 1 fully saturated rings. The average molecular weight is 397 g/mol. The molecule has 0 atom stereocenters. The lowest BCUT2D eigenvalue weighted by molar-refractivity contribution is 0.0697. The summed E-state index contributed by atoms with van der Waals surface area (Å²) in [6, 6.07) is 11.7. The molecule has 26 heavy (non-hydrogen) atoms. The van der Waals surface area contributed by atoms with Crippen LogP contribution in [0.2, 0.25) is 0 Å². The van der Waals surface area contributed by atoms with Gasteiger partial charge in [-0.15, -0.1) is 12.4 Å².